The van der Waals surface area contributed by atoms with Crippen molar-refractivity contribution in [1.82, 2.24) is 0 Å². The lowest BCUT2D eigenvalue weighted by Crippen LogP contribution is -2.05. The first-order valence-electron chi connectivity index (χ1n) is 3.26. The van der Waals surface area contributed by atoms with E-state index >= 15 is 0 Å². The number of benzene rings is 1. The molecule has 66 valence electrons. The summed E-state index contributed by atoms with van der Waals surface area (Å²) in [6, 6.07) is 5.75. The highest BCUT2D eigenvalue weighted by Crippen LogP contribution is 2.37. The fourth-order valence-corrected chi connectivity index (χ4v) is 1.03. The summed E-state index contributed by atoms with van der Waals surface area (Å²) in [7, 11) is 1.32. The van der Waals surface area contributed by atoms with Gasteiger partial charge >= 0.3 is 5.38 Å². The number of hydrogen-bond donors (Lipinski definition) is 0. The van der Waals surface area contributed by atoms with Crippen LogP contribution in [0.1, 0.15) is 5.56 Å². The zero-order chi connectivity index (χ0) is 9.19. The SMILES string of the molecule is COc1ccccc1C(F)(F)Cl. The molecule has 0 saturated heterocycles. The van der Waals surface area contributed by atoms with Gasteiger partial charge in [0.25, 0.3) is 0 Å². The quantitative estimate of drug-likeness (QED) is 0.655. The molecule has 0 unspecified atom stereocenters. The fraction of sp³-hybridized carbons (Fsp3) is 0.250. The lowest BCUT2D eigenvalue weighted by molar-refractivity contribution is 0.0917. The van der Waals surface area contributed by atoms with Crippen LogP contribution in [0.5, 0.6) is 5.75 Å². The first kappa shape index (κ1) is 9.26. The number of methoxy groups -OCH3 is 1. The Labute approximate surface area is 73.9 Å². The molecule has 1 rings (SSSR count). The molecule has 1 aromatic carbocycles. The highest BCUT2D eigenvalue weighted by molar-refractivity contribution is 6.22. The van der Waals surface area contributed by atoms with Crippen molar-refractivity contribution in [1.29, 1.82) is 0 Å². The van der Waals surface area contributed by atoms with E-state index in [0.717, 1.165) is 0 Å². The van der Waals surface area contributed by atoms with Crippen LogP contribution in [-0.4, -0.2) is 7.11 Å². The van der Waals surface area contributed by atoms with Crippen molar-refractivity contribution in [3.63, 3.8) is 0 Å². The molecular formula is C8H7ClF2O. The van der Waals surface area contributed by atoms with Gasteiger partial charge in [-0.05, 0) is 23.7 Å². The Morgan fingerprint density at radius 3 is 2.33 bits per heavy atom. The van der Waals surface area contributed by atoms with Gasteiger partial charge in [-0.25, -0.2) is 0 Å². The molecule has 12 heavy (non-hydrogen) atoms. The van der Waals surface area contributed by atoms with E-state index in [1.54, 1.807) is 6.07 Å². The molecule has 1 aromatic rings. The van der Waals surface area contributed by atoms with Crippen LogP contribution in [0.2, 0.25) is 0 Å². The average Bonchev–Trinajstić information content (AvgIpc) is 2.03. The largest absolute Gasteiger partial charge is 0.496 e. The van der Waals surface area contributed by atoms with Crippen molar-refractivity contribution >= 4 is 11.6 Å². The van der Waals surface area contributed by atoms with Gasteiger partial charge in [-0.3, -0.25) is 0 Å². The Balaban J connectivity index is 3.14. The summed E-state index contributed by atoms with van der Waals surface area (Å²) in [5, 5.41) is -3.37. The second-order valence-corrected chi connectivity index (χ2v) is 2.67. The topological polar surface area (TPSA) is 9.23 Å². The molecule has 0 heterocycles. The van der Waals surface area contributed by atoms with Crippen molar-refractivity contribution in [2.45, 2.75) is 5.38 Å². The molecule has 1 nitrogen and oxygen atoms in total. The predicted octanol–water partition coefficient (Wildman–Crippen LogP) is 2.98. The molecule has 0 aliphatic rings. The lowest BCUT2D eigenvalue weighted by Gasteiger charge is -2.11. The number of halogens is 3. The minimum atomic E-state index is -3.37. The van der Waals surface area contributed by atoms with Gasteiger partial charge in [-0.2, -0.15) is 8.78 Å². The van der Waals surface area contributed by atoms with Gasteiger partial charge < -0.3 is 4.74 Å². The van der Waals surface area contributed by atoms with Gasteiger partial charge in [0.05, 0.1) is 12.7 Å². The van der Waals surface area contributed by atoms with Crippen molar-refractivity contribution in [3.05, 3.63) is 29.8 Å². The maximum Gasteiger partial charge on any atom is 0.351 e. The number of para-hydroxylation sites is 1. The fourth-order valence-electron chi connectivity index (χ4n) is 0.879. The van der Waals surface area contributed by atoms with E-state index in [2.05, 4.69) is 0 Å². The van der Waals surface area contributed by atoms with Crippen LogP contribution in [0, 0.1) is 0 Å². The van der Waals surface area contributed by atoms with Crippen molar-refractivity contribution < 1.29 is 13.5 Å². The van der Waals surface area contributed by atoms with E-state index in [1.807, 2.05) is 0 Å². The number of rotatable bonds is 2. The van der Waals surface area contributed by atoms with Gasteiger partial charge in [0.2, 0.25) is 0 Å². The molecular weight excluding hydrogens is 186 g/mol. The number of ether oxygens (including phenoxy) is 1. The highest BCUT2D eigenvalue weighted by atomic mass is 35.5. The Bertz CT molecular complexity index is 270. The summed E-state index contributed by atoms with van der Waals surface area (Å²) >= 11 is 4.83. The van der Waals surface area contributed by atoms with E-state index in [0.29, 0.717) is 0 Å². The van der Waals surface area contributed by atoms with Crippen LogP contribution in [0.15, 0.2) is 24.3 Å². The third-order valence-corrected chi connectivity index (χ3v) is 1.62. The maximum atomic E-state index is 12.6. The maximum absolute atomic E-state index is 12.6. The second kappa shape index (κ2) is 3.27. The molecule has 0 aliphatic heterocycles. The third-order valence-electron chi connectivity index (χ3n) is 1.41. The molecule has 0 atom stereocenters. The van der Waals surface area contributed by atoms with Crippen molar-refractivity contribution in [2.75, 3.05) is 7.11 Å². The Morgan fingerprint density at radius 2 is 1.92 bits per heavy atom. The van der Waals surface area contributed by atoms with Crippen LogP contribution in [0.4, 0.5) is 8.78 Å². The van der Waals surface area contributed by atoms with Gasteiger partial charge in [-0.1, -0.05) is 12.1 Å². The molecule has 0 amide bonds. The molecule has 0 aliphatic carbocycles. The van der Waals surface area contributed by atoms with E-state index in [4.69, 9.17) is 16.3 Å². The Kier molecular flexibility index (Phi) is 2.52. The number of hydrogen-bond acceptors (Lipinski definition) is 1. The normalized spacial score (nSPS) is 11.3. The third kappa shape index (κ3) is 1.85. The van der Waals surface area contributed by atoms with Gasteiger partial charge in [-0.15, -0.1) is 0 Å². The molecule has 0 N–H and O–H groups in total. The smallest absolute Gasteiger partial charge is 0.351 e. The average molecular weight is 193 g/mol. The van der Waals surface area contributed by atoms with Crippen molar-refractivity contribution in [2.24, 2.45) is 0 Å². The number of alkyl halides is 3. The first-order valence-corrected chi connectivity index (χ1v) is 3.63. The van der Waals surface area contributed by atoms with Gasteiger partial charge in [0.1, 0.15) is 5.75 Å². The summed E-state index contributed by atoms with van der Waals surface area (Å²) in [4.78, 5) is 0. The summed E-state index contributed by atoms with van der Waals surface area (Å²) < 4.78 is 29.9. The van der Waals surface area contributed by atoms with Gasteiger partial charge in [0.15, 0.2) is 0 Å². The zero-order valence-corrected chi connectivity index (χ0v) is 7.11. The standard InChI is InChI=1S/C8H7ClF2O/c1-12-7-5-3-2-4-6(7)8(9,10)11/h2-5H,1H3. The van der Waals surface area contributed by atoms with E-state index in [9.17, 15) is 8.78 Å². The van der Waals surface area contributed by atoms with Crippen LogP contribution >= 0.6 is 11.6 Å². The lowest BCUT2D eigenvalue weighted by atomic mass is 10.2. The minimum Gasteiger partial charge on any atom is -0.496 e. The molecule has 0 spiro atoms. The van der Waals surface area contributed by atoms with E-state index in [1.165, 1.54) is 25.3 Å². The first-order chi connectivity index (χ1) is 5.55. The monoisotopic (exact) mass is 192 g/mol. The van der Waals surface area contributed by atoms with E-state index < -0.39 is 5.38 Å². The summed E-state index contributed by atoms with van der Waals surface area (Å²) in [5.74, 6) is 0.0949. The summed E-state index contributed by atoms with van der Waals surface area (Å²) in [6.07, 6.45) is 0. The van der Waals surface area contributed by atoms with Crippen LogP contribution in [0.3, 0.4) is 0 Å². The molecule has 0 radical (unpaired) electrons. The molecule has 0 saturated carbocycles. The van der Waals surface area contributed by atoms with Crippen LogP contribution in [0.25, 0.3) is 0 Å². The highest BCUT2D eigenvalue weighted by Gasteiger charge is 2.30. The molecule has 0 bridgehead atoms. The summed E-state index contributed by atoms with van der Waals surface area (Å²) in [5.41, 5.74) is -0.311. The molecule has 0 fully saturated rings. The van der Waals surface area contributed by atoms with E-state index in [-0.39, 0.29) is 11.3 Å². The van der Waals surface area contributed by atoms with Crippen molar-refractivity contribution in [3.8, 4) is 5.75 Å². The van der Waals surface area contributed by atoms with Crippen LogP contribution < -0.4 is 4.74 Å². The summed E-state index contributed by atoms with van der Waals surface area (Å²) in [6.45, 7) is 0. The Morgan fingerprint density at radius 1 is 1.33 bits per heavy atom. The van der Waals surface area contributed by atoms with Gasteiger partial charge in [0, 0.05) is 0 Å². The zero-order valence-electron chi connectivity index (χ0n) is 6.35. The van der Waals surface area contributed by atoms with Crippen LogP contribution in [-0.2, 0) is 5.38 Å². The predicted molar refractivity (Wildman–Crippen MR) is 42.7 cm³/mol. The minimum absolute atomic E-state index is 0.0949. The molecule has 4 heteroatoms. The second-order valence-electron chi connectivity index (χ2n) is 2.20. The Hall–Kier alpha value is -0.830. The molecule has 0 aromatic heterocycles.